The van der Waals surface area contributed by atoms with Crippen molar-refractivity contribution in [2.75, 3.05) is 31.7 Å². The van der Waals surface area contributed by atoms with E-state index in [4.69, 9.17) is 9.47 Å². The van der Waals surface area contributed by atoms with Crippen LogP contribution >= 0.6 is 0 Å². The smallest absolute Gasteiger partial charge is 0.319 e. The monoisotopic (exact) mass is 318 g/mol. The lowest BCUT2D eigenvalue weighted by atomic mass is 10.0. The normalized spacial score (nSPS) is 16.8. The van der Waals surface area contributed by atoms with Gasteiger partial charge >= 0.3 is 6.03 Å². The van der Waals surface area contributed by atoms with E-state index in [9.17, 15) is 4.79 Å². The number of nitrogens with one attached hydrogen (secondary N) is 2. The summed E-state index contributed by atoms with van der Waals surface area (Å²) in [6.45, 7) is 8.64. The number of benzene rings is 1. The summed E-state index contributed by atoms with van der Waals surface area (Å²) in [5.41, 5.74) is 1.71. The van der Waals surface area contributed by atoms with Crippen molar-refractivity contribution in [3.05, 3.63) is 36.4 Å². The maximum absolute atomic E-state index is 11.8. The van der Waals surface area contributed by atoms with E-state index in [0.29, 0.717) is 19.1 Å². The van der Waals surface area contributed by atoms with Crippen molar-refractivity contribution in [2.45, 2.75) is 26.2 Å². The van der Waals surface area contributed by atoms with Crippen molar-refractivity contribution in [3.8, 4) is 5.75 Å². The molecule has 2 amide bonds. The zero-order valence-corrected chi connectivity index (χ0v) is 13.8. The summed E-state index contributed by atoms with van der Waals surface area (Å²) >= 11 is 0. The first-order chi connectivity index (χ1) is 11.1. The van der Waals surface area contributed by atoms with Gasteiger partial charge in [0.15, 0.2) is 0 Å². The molecule has 5 heteroatoms. The molecule has 0 spiro atoms. The van der Waals surface area contributed by atoms with Crippen molar-refractivity contribution in [1.82, 2.24) is 5.32 Å². The molecule has 0 saturated carbocycles. The minimum Gasteiger partial charge on any atom is -0.489 e. The summed E-state index contributed by atoms with van der Waals surface area (Å²) in [5, 5.41) is 5.69. The van der Waals surface area contributed by atoms with Gasteiger partial charge in [0, 0.05) is 25.4 Å². The van der Waals surface area contributed by atoms with Gasteiger partial charge in [-0.3, -0.25) is 0 Å². The Morgan fingerprint density at radius 2 is 2.17 bits per heavy atom. The molecule has 1 aliphatic heterocycles. The number of amides is 2. The fourth-order valence-corrected chi connectivity index (χ4v) is 2.42. The molecule has 1 fully saturated rings. The third kappa shape index (κ3) is 6.74. The molecule has 1 aliphatic rings. The number of anilines is 1. The minimum absolute atomic E-state index is 0.178. The van der Waals surface area contributed by atoms with E-state index >= 15 is 0 Å². The van der Waals surface area contributed by atoms with Gasteiger partial charge in [0.25, 0.3) is 0 Å². The molecule has 1 aromatic rings. The second-order valence-corrected chi connectivity index (χ2v) is 6.02. The van der Waals surface area contributed by atoms with Gasteiger partial charge in [0.2, 0.25) is 0 Å². The molecule has 2 N–H and O–H groups in total. The van der Waals surface area contributed by atoms with Gasteiger partial charge in [-0.25, -0.2) is 4.79 Å². The largest absolute Gasteiger partial charge is 0.489 e. The van der Waals surface area contributed by atoms with Crippen LogP contribution in [0.2, 0.25) is 0 Å². The highest BCUT2D eigenvalue weighted by molar-refractivity contribution is 5.89. The van der Waals surface area contributed by atoms with Gasteiger partial charge in [-0.05, 0) is 61.9 Å². The molecule has 1 atom stereocenters. The van der Waals surface area contributed by atoms with E-state index in [0.717, 1.165) is 49.5 Å². The quantitative estimate of drug-likeness (QED) is 0.569. The Labute approximate surface area is 138 Å². The van der Waals surface area contributed by atoms with Crippen LogP contribution < -0.4 is 15.4 Å². The summed E-state index contributed by atoms with van der Waals surface area (Å²) in [5.74, 6) is 1.42. The molecular weight excluding hydrogens is 292 g/mol. The maximum atomic E-state index is 11.8. The zero-order chi connectivity index (χ0) is 16.5. The molecule has 23 heavy (non-hydrogen) atoms. The average molecular weight is 318 g/mol. The Bertz CT molecular complexity index is 508. The number of rotatable bonds is 8. The van der Waals surface area contributed by atoms with Crippen molar-refractivity contribution in [3.63, 3.8) is 0 Å². The van der Waals surface area contributed by atoms with Crippen molar-refractivity contribution in [1.29, 1.82) is 0 Å². The number of urea groups is 1. The summed E-state index contributed by atoms with van der Waals surface area (Å²) in [6.07, 6.45) is 3.23. The van der Waals surface area contributed by atoms with Crippen LogP contribution in [-0.2, 0) is 4.74 Å². The van der Waals surface area contributed by atoms with Crippen LogP contribution in [0.25, 0.3) is 0 Å². The second-order valence-electron chi connectivity index (χ2n) is 6.02. The first kappa shape index (κ1) is 17.3. The van der Waals surface area contributed by atoms with Crippen LogP contribution in [0.5, 0.6) is 5.75 Å². The molecule has 5 nitrogen and oxygen atoms in total. The molecule has 1 heterocycles. The van der Waals surface area contributed by atoms with Gasteiger partial charge < -0.3 is 20.1 Å². The fraction of sp³-hybridized carbons (Fsp3) is 0.500. The van der Waals surface area contributed by atoms with Crippen LogP contribution in [0, 0.1) is 5.92 Å². The highest BCUT2D eigenvalue weighted by Crippen LogP contribution is 2.18. The van der Waals surface area contributed by atoms with Gasteiger partial charge in [-0.2, -0.15) is 0 Å². The predicted octanol–water partition coefficient (Wildman–Crippen LogP) is 3.58. The van der Waals surface area contributed by atoms with Crippen LogP contribution in [0.1, 0.15) is 26.2 Å². The number of hydrogen-bond acceptors (Lipinski definition) is 3. The van der Waals surface area contributed by atoms with Gasteiger partial charge in [-0.15, -0.1) is 0 Å². The fourth-order valence-electron chi connectivity index (χ4n) is 2.42. The summed E-state index contributed by atoms with van der Waals surface area (Å²) in [4.78, 5) is 11.8. The zero-order valence-electron chi connectivity index (χ0n) is 13.8. The van der Waals surface area contributed by atoms with E-state index in [2.05, 4.69) is 17.2 Å². The van der Waals surface area contributed by atoms with Gasteiger partial charge in [-0.1, -0.05) is 6.58 Å². The highest BCUT2D eigenvalue weighted by Gasteiger charge is 2.14. The predicted molar refractivity (Wildman–Crippen MR) is 91.9 cm³/mol. The lowest BCUT2D eigenvalue weighted by Gasteiger charge is -2.10. The molecule has 2 rings (SSSR count). The molecule has 126 valence electrons. The standard InChI is InChI=1S/C18H26N2O3/c1-14(2)12-23-17-7-5-16(6-8-17)20-18(21)19-10-3-4-15-9-11-22-13-15/h5-8,15H,1,3-4,9-13H2,2H3,(H2,19,20,21)/t15-/m0/s1. The first-order valence-electron chi connectivity index (χ1n) is 8.13. The van der Waals surface area contributed by atoms with Crippen molar-refractivity contribution >= 4 is 11.7 Å². The molecule has 1 aromatic carbocycles. The van der Waals surface area contributed by atoms with Crippen LogP contribution in [-0.4, -0.2) is 32.4 Å². The average Bonchev–Trinajstić information content (AvgIpc) is 3.04. The Morgan fingerprint density at radius 1 is 1.39 bits per heavy atom. The third-order valence-electron chi connectivity index (χ3n) is 3.70. The van der Waals surface area contributed by atoms with E-state index in [1.807, 2.05) is 31.2 Å². The molecule has 0 unspecified atom stereocenters. The van der Waals surface area contributed by atoms with E-state index in [1.165, 1.54) is 0 Å². The Kier molecular flexibility index (Phi) is 6.94. The topological polar surface area (TPSA) is 59.6 Å². The minimum atomic E-state index is -0.178. The molecule has 0 bridgehead atoms. The Hall–Kier alpha value is -2.01. The first-order valence-corrected chi connectivity index (χ1v) is 8.13. The van der Waals surface area contributed by atoms with Crippen LogP contribution in [0.15, 0.2) is 36.4 Å². The van der Waals surface area contributed by atoms with Crippen molar-refractivity contribution < 1.29 is 14.3 Å². The summed E-state index contributed by atoms with van der Waals surface area (Å²) < 4.78 is 10.9. The SMILES string of the molecule is C=C(C)COc1ccc(NC(=O)NCCC[C@H]2CCOC2)cc1. The number of carbonyl (C=O) groups is 1. The lowest BCUT2D eigenvalue weighted by Crippen LogP contribution is -2.29. The van der Waals surface area contributed by atoms with Gasteiger partial charge in [0.05, 0.1) is 0 Å². The molecule has 0 radical (unpaired) electrons. The van der Waals surface area contributed by atoms with E-state index in [1.54, 1.807) is 0 Å². The highest BCUT2D eigenvalue weighted by atomic mass is 16.5. The number of ether oxygens (including phenoxy) is 2. The van der Waals surface area contributed by atoms with Crippen LogP contribution in [0.3, 0.4) is 0 Å². The third-order valence-corrected chi connectivity index (χ3v) is 3.70. The number of hydrogen-bond donors (Lipinski definition) is 2. The van der Waals surface area contributed by atoms with E-state index in [-0.39, 0.29) is 6.03 Å². The maximum Gasteiger partial charge on any atom is 0.319 e. The second kappa shape index (κ2) is 9.20. The Morgan fingerprint density at radius 3 is 2.83 bits per heavy atom. The van der Waals surface area contributed by atoms with Gasteiger partial charge in [0.1, 0.15) is 12.4 Å². The van der Waals surface area contributed by atoms with E-state index < -0.39 is 0 Å². The molecule has 0 aliphatic carbocycles. The van der Waals surface area contributed by atoms with Crippen molar-refractivity contribution in [2.24, 2.45) is 5.92 Å². The Balaban J connectivity index is 1.63. The number of carbonyl (C=O) groups excluding carboxylic acids is 1. The molecule has 1 saturated heterocycles. The molecular formula is C18H26N2O3. The van der Waals surface area contributed by atoms with Crippen LogP contribution in [0.4, 0.5) is 10.5 Å². The summed E-state index contributed by atoms with van der Waals surface area (Å²) in [6, 6.07) is 7.13. The summed E-state index contributed by atoms with van der Waals surface area (Å²) in [7, 11) is 0. The lowest BCUT2D eigenvalue weighted by molar-refractivity contribution is 0.184. The molecule has 0 aromatic heterocycles.